The molecular formula is C9H14BO3. The Hall–Kier alpha value is -0.995. The quantitative estimate of drug-likeness (QED) is 0.666. The highest BCUT2D eigenvalue weighted by Gasteiger charge is 1.89. The highest BCUT2D eigenvalue weighted by molar-refractivity contribution is 6.13. The molecule has 3 nitrogen and oxygen atoms in total. The van der Waals surface area contributed by atoms with E-state index >= 15 is 0 Å². The number of ether oxygens (including phenoxy) is 1. The number of hydrogen-bond acceptors (Lipinski definition) is 3. The van der Waals surface area contributed by atoms with E-state index in [0.29, 0.717) is 0 Å². The molecule has 0 saturated carbocycles. The zero-order valence-corrected chi connectivity index (χ0v) is 7.90. The Kier molecular flexibility index (Phi) is 7.06. The average molecular weight is 181 g/mol. The average Bonchev–Trinajstić information content (AvgIpc) is 2.06. The van der Waals surface area contributed by atoms with Crippen molar-refractivity contribution >= 4 is 7.69 Å². The number of hydrogen-bond donors (Lipinski definition) is 2. The van der Waals surface area contributed by atoms with E-state index in [1.54, 1.807) is 0 Å². The zero-order chi connectivity index (χ0) is 10.1. The van der Waals surface area contributed by atoms with E-state index in [-0.39, 0.29) is 7.69 Å². The van der Waals surface area contributed by atoms with E-state index in [9.17, 15) is 0 Å². The normalized spacial score (nSPS) is 8.31. The van der Waals surface area contributed by atoms with Gasteiger partial charge in [0.15, 0.2) is 0 Å². The van der Waals surface area contributed by atoms with Gasteiger partial charge in [-0.05, 0) is 31.5 Å². The van der Waals surface area contributed by atoms with Crippen molar-refractivity contribution in [1.29, 1.82) is 0 Å². The summed E-state index contributed by atoms with van der Waals surface area (Å²) in [4.78, 5) is 0. The molecule has 0 fully saturated rings. The first-order valence-electron chi connectivity index (χ1n) is 4.04. The molecule has 1 radical (unpaired) electrons. The number of rotatable bonds is 2. The summed E-state index contributed by atoms with van der Waals surface area (Å²) in [5.41, 5.74) is 1.24. The van der Waals surface area contributed by atoms with Gasteiger partial charge in [0.1, 0.15) is 5.75 Å². The van der Waals surface area contributed by atoms with Gasteiger partial charge in [0.05, 0.1) is 6.61 Å². The second-order valence-electron chi connectivity index (χ2n) is 2.36. The Labute approximate surface area is 79.3 Å². The number of benzene rings is 1. The molecule has 71 valence electrons. The molecule has 0 aliphatic carbocycles. The minimum absolute atomic E-state index is 0. The van der Waals surface area contributed by atoms with Gasteiger partial charge in [-0.3, -0.25) is 0 Å². The van der Waals surface area contributed by atoms with Crippen molar-refractivity contribution in [3.63, 3.8) is 0 Å². The second kappa shape index (κ2) is 7.64. The van der Waals surface area contributed by atoms with Gasteiger partial charge in [-0.25, -0.2) is 0 Å². The first-order valence-corrected chi connectivity index (χ1v) is 4.04. The zero-order valence-electron chi connectivity index (χ0n) is 7.90. The van der Waals surface area contributed by atoms with Gasteiger partial charge in [0, 0.05) is 0 Å². The van der Waals surface area contributed by atoms with Crippen LogP contribution in [0.4, 0.5) is 0 Å². The molecule has 0 aromatic heterocycles. The van der Waals surface area contributed by atoms with Crippen molar-refractivity contribution in [3.05, 3.63) is 29.8 Å². The minimum atomic E-state index is 0. The largest absolute Gasteiger partial charge is 0.494 e. The van der Waals surface area contributed by atoms with Crippen LogP contribution >= 0.6 is 0 Å². The molecular weight excluding hydrogens is 167 g/mol. The summed E-state index contributed by atoms with van der Waals surface area (Å²) in [5.74, 6) is 0.961. The summed E-state index contributed by atoms with van der Waals surface area (Å²) in [6.45, 7) is 4.79. The molecule has 2 N–H and O–H groups in total. The fourth-order valence-corrected chi connectivity index (χ4v) is 0.872. The molecule has 13 heavy (non-hydrogen) atoms. The van der Waals surface area contributed by atoms with Gasteiger partial charge < -0.3 is 14.8 Å². The molecule has 0 amide bonds. The van der Waals surface area contributed by atoms with Crippen LogP contribution in [-0.2, 0) is 0 Å². The van der Waals surface area contributed by atoms with E-state index in [0.717, 1.165) is 12.4 Å². The van der Waals surface area contributed by atoms with Gasteiger partial charge in [0.2, 0.25) is 0 Å². The van der Waals surface area contributed by atoms with Crippen LogP contribution in [0.1, 0.15) is 12.5 Å². The van der Waals surface area contributed by atoms with Gasteiger partial charge in [-0.1, -0.05) is 12.1 Å². The number of aryl methyl sites for hydroxylation is 1. The summed E-state index contributed by atoms with van der Waals surface area (Å²) in [6, 6.07) is 8.06. The monoisotopic (exact) mass is 181 g/mol. The molecule has 0 atom stereocenters. The molecule has 0 aliphatic heterocycles. The molecule has 0 unspecified atom stereocenters. The maximum atomic E-state index is 7.00. The summed E-state index contributed by atoms with van der Waals surface area (Å²) in [6.07, 6.45) is 0. The molecule has 1 aromatic carbocycles. The lowest BCUT2D eigenvalue weighted by Crippen LogP contribution is -1.90. The molecule has 0 spiro atoms. The van der Waals surface area contributed by atoms with Gasteiger partial charge in [-0.2, -0.15) is 0 Å². The Morgan fingerprint density at radius 2 is 2.00 bits per heavy atom. The standard InChI is InChI=1S/C9H12O.BH2O2/c1-3-10-9-6-4-5-8(2)7-9;2-1-3/h4-7H,3H2,1-2H3;2-3H. The Morgan fingerprint density at radius 1 is 1.38 bits per heavy atom. The van der Waals surface area contributed by atoms with E-state index in [1.807, 2.05) is 25.1 Å². The lowest BCUT2D eigenvalue weighted by molar-refractivity contribution is 0.340. The summed E-state index contributed by atoms with van der Waals surface area (Å²) in [5, 5.41) is 14.0. The van der Waals surface area contributed by atoms with Crippen molar-refractivity contribution in [1.82, 2.24) is 0 Å². The van der Waals surface area contributed by atoms with Gasteiger partial charge >= 0.3 is 7.69 Å². The smallest absolute Gasteiger partial charge is 0.482 e. The summed E-state index contributed by atoms with van der Waals surface area (Å²) in [7, 11) is 0. The fraction of sp³-hybridized carbons (Fsp3) is 0.333. The summed E-state index contributed by atoms with van der Waals surface area (Å²) < 4.78 is 5.29. The van der Waals surface area contributed by atoms with Gasteiger partial charge in [-0.15, -0.1) is 0 Å². The van der Waals surface area contributed by atoms with Crippen molar-refractivity contribution in [3.8, 4) is 5.75 Å². The Morgan fingerprint density at radius 3 is 2.46 bits per heavy atom. The fourth-order valence-electron chi connectivity index (χ4n) is 0.872. The molecule has 0 aliphatic rings. The first-order chi connectivity index (χ1) is 6.24. The van der Waals surface area contributed by atoms with Crippen LogP contribution in [0, 0.1) is 6.92 Å². The molecule has 0 saturated heterocycles. The summed E-state index contributed by atoms with van der Waals surface area (Å²) >= 11 is 0. The molecule has 4 heteroatoms. The maximum Gasteiger partial charge on any atom is 0.482 e. The highest BCUT2D eigenvalue weighted by Crippen LogP contribution is 2.11. The Bertz CT molecular complexity index is 228. The van der Waals surface area contributed by atoms with Gasteiger partial charge in [0.25, 0.3) is 0 Å². The lowest BCUT2D eigenvalue weighted by atomic mass is 10.2. The van der Waals surface area contributed by atoms with Crippen LogP contribution in [0.15, 0.2) is 24.3 Å². The van der Waals surface area contributed by atoms with Crippen LogP contribution in [0.2, 0.25) is 0 Å². The van der Waals surface area contributed by atoms with Crippen LogP contribution in [-0.4, -0.2) is 24.3 Å². The molecule has 0 bridgehead atoms. The molecule has 1 aromatic rings. The lowest BCUT2D eigenvalue weighted by Gasteiger charge is -2.01. The third-order valence-electron chi connectivity index (χ3n) is 1.30. The van der Waals surface area contributed by atoms with Crippen molar-refractivity contribution in [2.24, 2.45) is 0 Å². The van der Waals surface area contributed by atoms with Crippen molar-refractivity contribution in [2.45, 2.75) is 13.8 Å². The third kappa shape index (κ3) is 6.19. The Balaban J connectivity index is 0.000000424. The predicted octanol–water partition coefficient (Wildman–Crippen LogP) is 0.899. The van der Waals surface area contributed by atoms with E-state index < -0.39 is 0 Å². The second-order valence-corrected chi connectivity index (χ2v) is 2.36. The van der Waals surface area contributed by atoms with E-state index in [2.05, 4.69) is 13.0 Å². The first kappa shape index (κ1) is 12.0. The van der Waals surface area contributed by atoms with Crippen molar-refractivity contribution < 1.29 is 14.8 Å². The minimum Gasteiger partial charge on any atom is -0.494 e. The SMILES string of the molecule is CCOc1cccc(C)c1.O[B]O. The predicted molar refractivity (Wildman–Crippen MR) is 52.5 cm³/mol. The van der Waals surface area contributed by atoms with Crippen LogP contribution in [0.3, 0.4) is 0 Å². The van der Waals surface area contributed by atoms with Crippen LogP contribution in [0.25, 0.3) is 0 Å². The highest BCUT2D eigenvalue weighted by atomic mass is 16.5. The molecule has 1 rings (SSSR count). The maximum absolute atomic E-state index is 7.00. The molecule has 0 heterocycles. The third-order valence-corrected chi connectivity index (χ3v) is 1.30. The van der Waals surface area contributed by atoms with Crippen LogP contribution < -0.4 is 4.74 Å². The van der Waals surface area contributed by atoms with Crippen LogP contribution in [0.5, 0.6) is 5.75 Å². The van der Waals surface area contributed by atoms with Crippen molar-refractivity contribution in [2.75, 3.05) is 6.61 Å². The topological polar surface area (TPSA) is 49.7 Å². The van der Waals surface area contributed by atoms with E-state index in [4.69, 9.17) is 14.8 Å². The van der Waals surface area contributed by atoms with E-state index in [1.165, 1.54) is 5.56 Å².